The molecule has 0 bridgehead atoms. The number of nitrogens with one attached hydrogen (secondary N) is 1. The van der Waals surface area contributed by atoms with E-state index in [4.69, 9.17) is 9.47 Å². The summed E-state index contributed by atoms with van der Waals surface area (Å²) in [6.45, 7) is 4.66. The van der Waals surface area contributed by atoms with E-state index in [2.05, 4.69) is 5.32 Å². The molecule has 0 spiro atoms. The van der Waals surface area contributed by atoms with E-state index in [0.717, 1.165) is 23.3 Å². The lowest BCUT2D eigenvalue weighted by Gasteiger charge is -2.13. The van der Waals surface area contributed by atoms with Crippen LogP contribution in [0.2, 0.25) is 0 Å². The smallest absolute Gasteiger partial charge is 0.283 e. The third-order valence-corrected chi connectivity index (χ3v) is 5.24. The van der Waals surface area contributed by atoms with Gasteiger partial charge in [0.25, 0.3) is 11.6 Å². The number of thioether (sulfide) groups is 1. The normalized spacial score (nSPS) is 14.9. The van der Waals surface area contributed by atoms with Crippen LogP contribution in [0.1, 0.15) is 35.3 Å². The van der Waals surface area contributed by atoms with Crippen LogP contribution in [0.25, 0.3) is 0 Å². The van der Waals surface area contributed by atoms with Gasteiger partial charge in [0.05, 0.1) is 16.4 Å². The number of carbonyl (C=O) groups excluding carboxylic acids is 1. The average molecular weight is 402 g/mol. The van der Waals surface area contributed by atoms with E-state index in [1.54, 1.807) is 18.4 Å². The first-order chi connectivity index (χ1) is 13.4. The molecule has 1 atom stereocenters. The van der Waals surface area contributed by atoms with Gasteiger partial charge in [-0.1, -0.05) is 0 Å². The lowest BCUT2D eigenvalue weighted by molar-refractivity contribution is -0.387. The minimum absolute atomic E-state index is 0.0740. The Balaban J connectivity index is 1.79. The first kappa shape index (κ1) is 20.0. The zero-order chi connectivity index (χ0) is 20.3. The van der Waals surface area contributed by atoms with Crippen LogP contribution in [0.15, 0.2) is 35.2 Å². The van der Waals surface area contributed by atoms with Crippen molar-refractivity contribution in [3.05, 3.63) is 57.1 Å². The predicted molar refractivity (Wildman–Crippen MR) is 107 cm³/mol. The fraction of sp³-hybridized carbons (Fsp3) is 0.350. The average Bonchev–Trinajstić information content (AvgIpc) is 3.04. The Morgan fingerprint density at radius 2 is 2.18 bits per heavy atom. The van der Waals surface area contributed by atoms with Crippen LogP contribution >= 0.6 is 11.8 Å². The van der Waals surface area contributed by atoms with Gasteiger partial charge in [0.1, 0.15) is 17.6 Å². The van der Waals surface area contributed by atoms with Gasteiger partial charge in [0.15, 0.2) is 0 Å². The molecule has 148 valence electrons. The number of nitrogens with zero attached hydrogens (tertiary/aromatic N) is 1. The second-order valence-corrected chi connectivity index (χ2v) is 7.31. The van der Waals surface area contributed by atoms with E-state index in [0.29, 0.717) is 17.3 Å². The number of rotatable bonds is 7. The summed E-state index contributed by atoms with van der Waals surface area (Å²) in [6.07, 6.45) is 2.70. The summed E-state index contributed by atoms with van der Waals surface area (Å²) < 4.78 is 11.5. The molecule has 1 amide bonds. The number of ether oxygens (including phenoxy) is 2. The largest absolute Gasteiger partial charge is 0.494 e. The molecule has 1 aliphatic heterocycles. The predicted octanol–water partition coefficient (Wildman–Crippen LogP) is 3.97. The van der Waals surface area contributed by atoms with Crippen LogP contribution in [0.5, 0.6) is 11.5 Å². The Morgan fingerprint density at radius 1 is 1.39 bits per heavy atom. The van der Waals surface area contributed by atoms with Crippen LogP contribution < -0.4 is 14.8 Å². The van der Waals surface area contributed by atoms with Crippen molar-refractivity contribution in [2.24, 2.45) is 0 Å². The van der Waals surface area contributed by atoms with Crippen molar-refractivity contribution in [2.75, 3.05) is 12.9 Å². The summed E-state index contributed by atoms with van der Waals surface area (Å²) in [5.41, 5.74) is 2.07. The Labute approximate surface area is 167 Å². The molecule has 0 fully saturated rings. The monoisotopic (exact) mass is 402 g/mol. The van der Waals surface area contributed by atoms with Crippen LogP contribution in [0.3, 0.4) is 0 Å². The van der Waals surface area contributed by atoms with E-state index in [1.165, 1.54) is 17.8 Å². The van der Waals surface area contributed by atoms with Crippen molar-refractivity contribution in [1.29, 1.82) is 0 Å². The van der Waals surface area contributed by atoms with E-state index in [-0.39, 0.29) is 29.8 Å². The lowest BCUT2D eigenvalue weighted by Crippen LogP contribution is -2.23. The molecular formula is C20H22N2O5S. The van der Waals surface area contributed by atoms with Crippen molar-refractivity contribution in [3.8, 4) is 11.5 Å². The number of fused-ring (bicyclic) bond motifs is 1. The van der Waals surface area contributed by atoms with Crippen LogP contribution in [-0.4, -0.2) is 29.8 Å². The highest BCUT2D eigenvalue weighted by molar-refractivity contribution is 7.98. The standard InChI is InChI=1S/C20H22N2O5S/c1-4-26-17-9-14-7-12(2)27-18(14)10-15(17)11-21-20(23)13-5-6-19(28-3)16(8-13)22(24)25/h5-6,8-10,12H,4,7,11H2,1-3H3,(H,21,23)/t12-/m0/s1. The fourth-order valence-electron chi connectivity index (χ4n) is 3.16. The molecule has 8 heteroatoms. The third kappa shape index (κ3) is 4.22. The van der Waals surface area contributed by atoms with Gasteiger partial charge in [0.2, 0.25) is 0 Å². The molecule has 0 saturated heterocycles. The van der Waals surface area contributed by atoms with Gasteiger partial charge >= 0.3 is 0 Å². The van der Waals surface area contributed by atoms with E-state index >= 15 is 0 Å². The molecule has 0 aromatic heterocycles. The number of hydrogen-bond donors (Lipinski definition) is 1. The first-order valence-corrected chi connectivity index (χ1v) is 10.2. The number of benzene rings is 2. The number of nitro benzene ring substituents is 1. The van der Waals surface area contributed by atoms with Crippen LogP contribution in [0, 0.1) is 10.1 Å². The highest BCUT2D eigenvalue weighted by atomic mass is 32.2. The molecule has 1 N–H and O–H groups in total. The minimum atomic E-state index is -0.477. The van der Waals surface area contributed by atoms with Crippen molar-refractivity contribution in [2.45, 2.75) is 37.8 Å². The molecule has 2 aromatic carbocycles. The SMILES string of the molecule is CCOc1cc2c(cc1CNC(=O)c1ccc(SC)c([N+](=O)[O-])c1)O[C@@H](C)C2. The first-order valence-electron chi connectivity index (χ1n) is 8.98. The number of carbonyl (C=O) groups is 1. The van der Waals surface area contributed by atoms with E-state index in [1.807, 2.05) is 26.0 Å². The second kappa shape index (κ2) is 8.52. The van der Waals surface area contributed by atoms with Crippen LogP contribution in [-0.2, 0) is 13.0 Å². The van der Waals surface area contributed by atoms with Gasteiger partial charge in [-0.05, 0) is 44.4 Å². The summed E-state index contributed by atoms with van der Waals surface area (Å²) in [6, 6.07) is 8.34. The molecule has 3 rings (SSSR count). The van der Waals surface area contributed by atoms with Crippen LogP contribution in [0.4, 0.5) is 5.69 Å². The summed E-state index contributed by atoms with van der Waals surface area (Å²) in [4.78, 5) is 23.8. The van der Waals surface area contributed by atoms with Gasteiger partial charge in [0, 0.05) is 35.7 Å². The zero-order valence-electron chi connectivity index (χ0n) is 16.0. The molecule has 1 aliphatic rings. The highest BCUT2D eigenvalue weighted by Crippen LogP contribution is 2.35. The Kier molecular flexibility index (Phi) is 6.08. The Hall–Kier alpha value is -2.74. The summed E-state index contributed by atoms with van der Waals surface area (Å²) >= 11 is 1.27. The van der Waals surface area contributed by atoms with Gasteiger partial charge in [-0.2, -0.15) is 0 Å². The zero-order valence-corrected chi connectivity index (χ0v) is 16.8. The lowest BCUT2D eigenvalue weighted by atomic mass is 10.1. The molecule has 7 nitrogen and oxygen atoms in total. The molecule has 0 unspecified atom stereocenters. The van der Waals surface area contributed by atoms with Gasteiger partial charge < -0.3 is 14.8 Å². The van der Waals surface area contributed by atoms with Crippen molar-refractivity contribution in [3.63, 3.8) is 0 Å². The fourth-order valence-corrected chi connectivity index (χ4v) is 3.71. The molecule has 0 aliphatic carbocycles. The summed E-state index contributed by atoms with van der Waals surface area (Å²) in [5.74, 6) is 1.14. The quantitative estimate of drug-likeness (QED) is 0.428. The molecule has 1 heterocycles. The Bertz CT molecular complexity index is 916. The molecule has 28 heavy (non-hydrogen) atoms. The maximum Gasteiger partial charge on any atom is 0.283 e. The topological polar surface area (TPSA) is 90.7 Å². The molecule has 2 aromatic rings. The molecular weight excluding hydrogens is 380 g/mol. The maximum absolute atomic E-state index is 12.5. The number of hydrogen-bond acceptors (Lipinski definition) is 6. The Morgan fingerprint density at radius 3 is 2.86 bits per heavy atom. The van der Waals surface area contributed by atoms with Gasteiger partial charge in [-0.15, -0.1) is 11.8 Å². The van der Waals surface area contributed by atoms with Crippen molar-refractivity contribution in [1.82, 2.24) is 5.32 Å². The summed E-state index contributed by atoms with van der Waals surface area (Å²) in [5, 5.41) is 14.0. The number of amides is 1. The van der Waals surface area contributed by atoms with E-state index < -0.39 is 4.92 Å². The van der Waals surface area contributed by atoms with Crippen molar-refractivity contribution >= 4 is 23.4 Å². The molecule has 0 radical (unpaired) electrons. The molecule has 0 saturated carbocycles. The minimum Gasteiger partial charge on any atom is -0.494 e. The van der Waals surface area contributed by atoms with E-state index in [9.17, 15) is 14.9 Å². The highest BCUT2D eigenvalue weighted by Gasteiger charge is 2.22. The van der Waals surface area contributed by atoms with Crippen molar-refractivity contribution < 1.29 is 19.2 Å². The second-order valence-electron chi connectivity index (χ2n) is 6.46. The third-order valence-electron chi connectivity index (χ3n) is 4.46. The maximum atomic E-state index is 12.5. The van der Waals surface area contributed by atoms with Gasteiger partial charge in [-0.25, -0.2) is 0 Å². The van der Waals surface area contributed by atoms with Gasteiger partial charge in [-0.3, -0.25) is 14.9 Å². The number of nitro groups is 1. The summed E-state index contributed by atoms with van der Waals surface area (Å²) in [7, 11) is 0.